The van der Waals surface area contributed by atoms with Gasteiger partial charge in [-0.15, -0.1) is 0 Å². The van der Waals surface area contributed by atoms with E-state index in [2.05, 4.69) is 49.8 Å². The van der Waals surface area contributed by atoms with E-state index in [9.17, 15) is 176 Å². The summed E-state index contributed by atoms with van der Waals surface area (Å²) in [5, 5.41) is 0. The minimum absolute atomic E-state index is 0.0999. The predicted molar refractivity (Wildman–Crippen MR) is 280 cm³/mol. The Labute approximate surface area is 600 Å². The lowest BCUT2D eigenvalue weighted by atomic mass is 9.92. The fourth-order valence-corrected chi connectivity index (χ4v) is 9.30. The number of hydrogen-bond acceptors (Lipinski definition) is 12. The normalized spacial score (nSPS) is 15.9. The summed E-state index contributed by atoms with van der Waals surface area (Å²) in [6.45, 7) is -3.44. The molecule has 0 amide bonds. The van der Waals surface area contributed by atoms with Crippen LogP contribution in [0.1, 0.15) is 29.2 Å². The maximum atomic E-state index is 15.3. The SMILES string of the molecule is FC(F)C(F)(F)C(F)(F)C(F)(F)C(F)(F)C(F)(F)c1ccc(-c2nc(-c3ccc(C(F)(F)C(F)(F)C(F)(F)C(F)(F)C(F)(F)C(F)F)nc3)nc(N3CCCN(c4nc(-c5ccc(C(F)(F)C(F)(F)C(F)(F)C(F)(F)C(F)(F)C(F)F)nc5)nc(-c5ccc(C(F)(F)C(F)(F)C(F)(F)C(F)(F)C(F)(F)C(F)F)nc5)n4)CC3)n2)cn1. The summed E-state index contributed by atoms with van der Waals surface area (Å²) in [6.07, 6.45) is -25.7. The van der Waals surface area contributed by atoms with Crippen molar-refractivity contribution in [3.8, 4) is 45.6 Å². The smallest absolute Gasteiger partial charge is 0.339 e. The summed E-state index contributed by atoms with van der Waals surface area (Å²) in [4.78, 5) is 34.1. The van der Waals surface area contributed by atoms with E-state index in [-0.39, 0.29) is 49.1 Å². The molecule has 0 aromatic carbocycles. The highest BCUT2D eigenvalue weighted by atomic mass is 19.4. The van der Waals surface area contributed by atoms with E-state index in [0.717, 1.165) is 9.80 Å². The molecule has 6 aromatic rings. The minimum atomic E-state index is -8.20. The van der Waals surface area contributed by atoms with Crippen molar-refractivity contribution in [3.63, 3.8) is 0 Å². The van der Waals surface area contributed by atoms with Gasteiger partial charge in [0.1, 0.15) is 22.8 Å². The van der Waals surface area contributed by atoms with Crippen LogP contribution in [0.2, 0.25) is 0 Å². The molecule has 60 heteroatoms. The van der Waals surface area contributed by atoms with Crippen molar-refractivity contribution in [2.45, 2.75) is 151 Å². The van der Waals surface area contributed by atoms with Gasteiger partial charge < -0.3 is 9.80 Å². The average molecular weight is 1770 g/mol. The van der Waals surface area contributed by atoms with Crippen molar-refractivity contribution in [2.75, 3.05) is 36.0 Å². The van der Waals surface area contributed by atoms with Crippen molar-refractivity contribution in [3.05, 3.63) is 96.1 Å². The van der Waals surface area contributed by atoms with Gasteiger partial charge in [0.2, 0.25) is 11.9 Å². The lowest BCUT2D eigenvalue weighted by molar-refractivity contribution is -0.415. The van der Waals surface area contributed by atoms with Crippen molar-refractivity contribution >= 4 is 11.9 Å². The van der Waals surface area contributed by atoms with Crippen LogP contribution in [0.15, 0.2) is 73.3 Å². The Kier molecular flexibility index (Phi) is 23.4. The molecule has 0 atom stereocenters. The van der Waals surface area contributed by atoms with Crippen molar-refractivity contribution < 1.29 is 211 Å². The molecule has 7 rings (SSSR count). The van der Waals surface area contributed by atoms with Gasteiger partial charge in [-0.05, 0) is 55.0 Å². The molecule has 1 aliphatic heterocycles. The molecular formula is C55H26F48N12. The highest BCUT2D eigenvalue weighted by Gasteiger charge is 2.92. The molecule has 12 nitrogen and oxygen atoms in total. The van der Waals surface area contributed by atoms with Crippen LogP contribution in [0.3, 0.4) is 0 Å². The highest BCUT2D eigenvalue weighted by molar-refractivity contribution is 5.64. The topological polar surface area (TPSA) is 135 Å². The molecule has 1 aliphatic rings. The zero-order valence-electron chi connectivity index (χ0n) is 53.3. The molecule has 642 valence electrons. The number of alkyl halides is 48. The molecule has 0 N–H and O–H groups in total. The van der Waals surface area contributed by atoms with E-state index in [0.29, 0.717) is 0 Å². The van der Waals surface area contributed by atoms with Crippen molar-refractivity contribution in [1.29, 1.82) is 0 Å². The second-order valence-electron chi connectivity index (χ2n) is 23.5. The van der Waals surface area contributed by atoms with E-state index >= 15 is 35.1 Å². The quantitative estimate of drug-likeness (QED) is 0.0397. The third-order valence-electron chi connectivity index (χ3n) is 16.2. The molecule has 115 heavy (non-hydrogen) atoms. The molecule has 1 saturated heterocycles. The lowest BCUT2D eigenvalue weighted by Gasteiger charge is -2.38. The minimum Gasteiger partial charge on any atom is -0.339 e. The summed E-state index contributed by atoms with van der Waals surface area (Å²) in [6, 6.07) is -2.80. The maximum Gasteiger partial charge on any atom is 0.385 e. The Morgan fingerprint density at radius 1 is 0.217 bits per heavy atom. The molecule has 0 aliphatic carbocycles. The van der Waals surface area contributed by atoms with Gasteiger partial charge in [-0.25, -0.2) is 45.1 Å². The van der Waals surface area contributed by atoms with Gasteiger partial charge in [0.05, 0.1) is 0 Å². The molecule has 0 radical (unpaired) electrons. The van der Waals surface area contributed by atoms with Gasteiger partial charge in [0.25, 0.3) is 0 Å². The van der Waals surface area contributed by atoms with Gasteiger partial charge in [-0.3, -0.25) is 19.9 Å². The Morgan fingerprint density at radius 3 is 0.539 bits per heavy atom. The van der Waals surface area contributed by atoms with Crippen LogP contribution in [0.5, 0.6) is 0 Å². The third-order valence-corrected chi connectivity index (χ3v) is 16.2. The lowest BCUT2D eigenvalue weighted by Crippen LogP contribution is -2.68. The second-order valence-corrected chi connectivity index (χ2v) is 23.5. The average Bonchev–Trinajstić information content (AvgIpc) is 0.796. The molecule has 0 unspecified atom stereocenters. The van der Waals surface area contributed by atoms with Gasteiger partial charge >= 0.3 is 144 Å². The van der Waals surface area contributed by atoms with Crippen LogP contribution in [0.25, 0.3) is 45.6 Å². The van der Waals surface area contributed by atoms with Crippen molar-refractivity contribution in [2.24, 2.45) is 0 Å². The van der Waals surface area contributed by atoms with Gasteiger partial charge in [-0.2, -0.15) is 196 Å². The highest BCUT2D eigenvalue weighted by Crippen LogP contribution is 2.65. The van der Waals surface area contributed by atoms with Crippen LogP contribution in [0.4, 0.5) is 223 Å². The van der Waals surface area contributed by atoms with Gasteiger partial charge in [0, 0.05) is 73.2 Å². The number of nitrogens with zero attached hydrogens (tertiary/aromatic N) is 12. The zero-order valence-corrected chi connectivity index (χ0v) is 53.3. The fourth-order valence-electron chi connectivity index (χ4n) is 9.30. The largest absolute Gasteiger partial charge is 0.385 e. The number of rotatable bonds is 30. The Balaban J connectivity index is 1.37. The van der Waals surface area contributed by atoms with Crippen LogP contribution >= 0.6 is 0 Å². The second kappa shape index (κ2) is 28.9. The van der Waals surface area contributed by atoms with Crippen LogP contribution in [-0.2, 0) is 23.7 Å². The predicted octanol–water partition coefficient (Wildman–Crippen LogP) is 19.6. The summed E-state index contributed by atoms with van der Waals surface area (Å²) in [7, 11) is 0. The number of aromatic nitrogens is 10. The molecule has 7 heterocycles. The van der Waals surface area contributed by atoms with Crippen LogP contribution in [-0.4, -0.2) is 196 Å². The van der Waals surface area contributed by atoms with Gasteiger partial charge in [0.15, 0.2) is 23.3 Å². The number of halogens is 48. The Bertz CT molecular complexity index is 3910. The molecule has 1 fully saturated rings. The Morgan fingerprint density at radius 2 is 0.391 bits per heavy atom. The summed E-state index contributed by atoms with van der Waals surface area (Å²) < 4.78 is 680. The summed E-state index contributed by atoms with van der Waals surface area (Å²) >= 11 is 0. The zero-order chi connectivity index (χ0) is 88.6. The molecule has 0 saturated carbocycles. The fraction of sp³-hybridized carbons (Fsp3) is 0.527. The summed E-state index contributed by atoms with van der Waals surface area (Å²) in [5.41, 5.74) is -16.3. The van der Waals surface area contributed by atoms with E-state index in [4.69, 9.17) is 0 Å². The standard InChI is InChI=1S/C55H26F48N12/c56-30(57)40(72,73)48(88,89)52(96,97)44(80,81)36(64,65)22-6-2-18(14-104-22)26-108-27(19-3-7-23(105-15-19)37(66,67)45(82,83)53(98,99)49(90,91)41(74,75)31(58)59)111-34(110-26)114-10-1-11-115(13-12-114)35-112-28(20-4-8-24(106-16-20)38(68,69)46(84,85)54(100,101)50(92,93)42(76,77)32(60)61)109-29(113-35)21-5-9-25(107-17-21)39(70,71)47(86,87)55(102,103)51(94,95)43(78,79)33(62)63/h2-9,14-17,30-33H,1,10-13H2. The van der Waals surface area contributed by atoms with E-state index in [1.165, 1.54) is 0 Å². The van der Waals surface area contributed by atoms with E-state index in [1.807, 2.05) is 0 Å². The van der Waals surface area contributed by atoms with Crippen LogP contribution < -0.4 is 9.80 Å². The third kappa shape index (κ3) is 14.0. The summed E-state index contributed by atoms with van der Waals surface area (Å²) in [5.74, 6) is -163. The monoisotopic (exact) mass is 1770 g/mol. The van der Waals surface area contributed by atoms with Crippen molar-refractivity contribution in [1.82, 2.24) is 49.8 Å². The molecule has 6 aromatic heterocycles. The maximum absolute atomic E-state index is 15.3. The number of pyridine rings is 4. The first-order valence-corrected chi connectivity index (χ1v) is 29.1. The van der Waals surface area contributed by atoms with Crippen LogP contribution in [0, 0.1) is 0 Å². The first-order chi connectivity index (χ1) is 51.5. The van der Waals surface area contributed by atoms with E-state index < -0.39 is 281 Å². The van der Waals surface area contributed by atoms with E-state index in [1.54, 1.807) is 0 Å². The van der Waals surface area contributed by atoms with Gasteiger partial charge in [-0.1, -0.05) is 0 Å². The number of anilines is 2. The molecular weight excluding hydrogens is 1740 g/mol. The Hall–Kier alpha value is -9.14. The first kappa shape index (κ1) is 93.0. The number of hydrogen-bond donors (Lipinski definition) is 0. The molecule has 0 spiro atoms. The first-order valence-electron chi connectivity index (χ1n) is 29.1. The molecule has 0 bridgehead atoms.